The lowest BCUT2D eigenvalue weighted by Gasteiger charge is -2.45. The average molecular weight is 388 g/mol. The summed E-state index contributed by atoms with van der Waals surface area (Å²) in [5.41, 5.74) is 1.28. The van der Waals surface area contributed by atoms with Gasteiger partial charge in [-0.05, 0) is 43.4 Å². The summed E-state index contributed by atoms with van der Waals surface area (Å²) in [7, 11) is 1.71. The van der Waals surface area contributed by atoms with Gasteiger partial charge >= 0.3 is 0 Å². The molecule has 6 nitrogen and oxygen atoms in total. The monoisotopic (exact) mass is 387 g/mol. The third-order valence-electron chi connectivity index (χ3n) is 6.46. The molecule has 4 rings (SSSR count). The van der Waals surface area contributed by atoms with E-state index in [0.29, 0.717) is 11.9 Å². The van der Waals surface area contributed by atoms with Crippen LogP contribution in [0.2, 0.25) is 0 Å². The van der Waals surface area contributed by atoms with Gasteiger partial charge in [-0.1, -0.05) is 12.1 Å². The second kappa shape index (κ2) is 9.25. The van der Waals surface area contributed by atoms with E-state index < -0.39 is 0 Å². The molecule has 0 aliphatic carbocycles. The Morgan fingerprint density at radius 3 is 2.61 bits per heavy atom. The van der Waals surface area contributed by atoms with Crippen molar-refractivity contribution in [1.29, 1.82) is 0 Å². The fourth-order valence-electron chi connectivity index (χ4n) is 4.84. The highest BCUT2D eigenvalue weighted by Gasteiger charge is 2.37. The first-order valence-corrected chi connectivity index (χ1v) is 10.7. The number of piperidine rings is 1. The Morgan fingerprint density at radius 2 is 1.86 bits per heavy atom. The number of hydrogen-bond donors (Lipinski definition) is 0. The molecule has 3 heterocycles. The van der Waals surface area contributed by atoms with E-state index in [4.69, 9.17) is 9.47 Å². The standard InChI is InChI=1S/C22H33N3O3/c1-27-20-5-2-4-18(16-20)17-23-10-12-24(13-11-23)21-6-3-9-25(22(21)26)19-7-14-28-15-8-19/h2,4-5,16,19,21H,3,6-15,17H2,1H3. The van der Waals surface area contributed by atoms with Crippen molar-refractivity contribution in [3.8, 4) is 5.75 Å². The third kappa shape index (κ3) is 4.50. The summed E-state index contributed by atoms with van der Waals surface area (Å²) in [6.07, 6.45) is 4.12. The summed E-state index contributed by atoms with van der Waals surface area (Å²) >= 11 is 0. The molecule has 0 bridgehead atoms. The Balaban J connectivity index is 1.30. The van der Waals surface area contributed by atoms with E-state index in [1.165, 1.54) is 5.56 Å². The lowest BCUT2D eigenvalue weighted by molar-refractivity contribution is -0.145. The van der Waals surface area contributed by atoms with E-state index in [9.17, 15) is 4.79 Å². The molecule has 0 radical (unpaired) electrons. The van der Waals surface area contributed by atoms with Gasteiger partial charge in [-0.3, -0.25) is 14.6 Å². The summed E-state index contributed by atoms with van der Waals surface area (Å²) in [6.45, 7) is 7.43. The van der Waals surface area contributed by atoms with Gasteiger partial charge in [0.25, 0.3) is 0 Å². The van der Waals surface area contributed by atoms with Gasteiger partial charge in [0.2, 0.25) is 5.91 Å². The van der Waals surface area contributed by atoms with Crippen LogP contribution >= 0.6 is 0 Å². The molecule has 28 heavy (non-hydrogen) atoms. The fraction of sp³-hybridized carbons (Fsp3) is 0.682. The Morgan fingerprint density at radius 1 is 1.07 bits per heavy atom. The lowest BCUT2D eigenvalue weighted by atomic mass is 9.97. The number of hydrogen-bond acceptors (Lipinski definition) is 5. The molecule has 3 saturated heterocycles. The van der Waals surface area contributed by atoms with Gasteiger partial charge in [-0.25, -0.2) is 0 Å². The number of ether oxygens (including phenoxy) is 2. The summed E-state index contributed by atoms with van der Waals surface area (Å²) in [5.74, 6) is 1.27. The molecule has 1 atom stereocenters. The van der Waals surface area contributed by atoms with Crippen molar-refractivity contribution in [2.75, 3.05) is 53.0 Å². The summed E-state index contributed by atoms with van der Waals surface area (Å²) in [4.78, 5) is 20.3. The van der Waals surface area contributed by atoms with Crippen LogP contribution < -0.4 is 4.74 Å². The third-order valence-corrected chi connectivity index (χ3v) is 6.46. The summed E-state index contributed by atoms with van der Waals surface area (Å²) < 4.78 is 10.8. The van der Waals surface area contributed by atoms with Gasteiger partial charge in [0.15, 0.2) is 0 Å². The number of benzene rings is 1. The van der Waals surface area contributed by atoms with Crippen LogP contribution in [0, 0.1) is 0 Å². The van der Waals surface area contributed by atoms with Crippen LogP contribution in [-0.4, -0.2) is 85.7 Å². The molecule has 3 aliphatic rings. The molecule has 1 amide bonds. The molecule has 0 saturated carbocycles. The van der Waals surface area contributed by atoms with E-state index in [2.05, 4.69) is 32.9 Å². The molecule has 6 heteroatoms. The van der Waals surface area contributed by atoms with Crippen molar-refractivity contribution in [3.63, 3.8) is 0 Å². The Hall–Kier alpha value is -1.63. The molecule has 1 aromatic carbocycles. The predicted molar refractivity (Wildman–Crippen MR) is 108 cm³/mol. The van der Waals surface area contributed by atoms with Crippen LogP contribution in [0.4, 0.5) is 0 Å². The second-order valence-corrected chi connectivity index (χ2v) is 8.20. The first kappa shape index (κ1) is 19.7. The Kier molecular flexibility index (Phi) is 6.50. The van der Waals surface area contributed by atoms with Crippen LogP contribution in [0.3, 0.4) is 0 Å². The van der Waals surface area contributed by atoms with Crippen LogP contribution in [0.5, 0.6) is 5.75 Å². The zero-order chi connectivity index (χ0) is 19.3. The zero-order valence-corrected chi connectivity index (χ0v) is 17.0. The van der Waals surface area contributed by atoms with E-state index in [1.54, 1.807) is 7.11 Å². The molecule has 0 aromatic heterocycles. The van der Waals surface area contributed by atoms with Crippen LogP contribution in [0.1, 0.15) is 31.2 Å². The van der Waals surface area contributed by atoms with Crippen molar-refractivity contribution < 1.29 is 14.3 Å². The van der Waals surface area contributed by atoms with Gasteiger partial charge in [-0.2, -0.15) is 0 Å². The van der Waals surface area contributed by atoms with E-state index in [-0.39, 0.29) is 6.04 Å². The molecule has 0 N–H and O–H groups in total. The van der Waals surface area contributed by atoms with Crippen molar-refractivity contribution in [1.82, 2.24) is 14.7 Å². The molecular formula is C22H33N3O3. The topological polar surface area (TPSA) is 45.2 Å². The molecule has 154 valence electrons. The number of carbonyl (C=O) groups is 1. The maximum absolute atomic E-state index is 13.2. The number of piperazine rings is 1. The van der Waals surface area contributed by atoms with Gasteiger partial charge in [0, 0.05) is 58.5 Å². The molecule has 1 unspecified atom stereocenters. The summed E-state index contributed by atoms with van der Waals surface area (Å²) in [6, 6.07) is 8.78. The fourth-order valence-corrected chi connectivity index (χ4v) is 4.84. The summed E-state index contributed by atoms with van der Waals surface area (Å²) in [5, 5.41) is 0. The number of nitrogens with zero attached hydrogens (tertiary/aromatic N) is 3. The SMILES string of the molecule is COc1cccc(CN2CCN(C3CCCN(C4CCOCC4)C3=O)CC2)c1. The zero-order valence-electron chi connectivity index (χ0n) is 17.0. The van der Waals surface area contributed by atoms with Crippen molar-refractivity contribution >= 4 is 5.91 Å². The average Bonchev–Trinajstić information content (AvgIpc) is 2.75. The van der Waals surface area contributed by atoms with Crippen LogP contribution in [0.25, 0.3) is 0 Å². The molecule has 3 aliphatic heterocycles. The number of methoxy groups -OCH3 is 1. The maximum atomic E-state index is 13.2. The van der Waals surface area contributed by atoms with Gasteiger partial charge in [0.1, 0.15) is 5.75 Å². The molecular weight excluding hydrogens is 354 g/mol. The predicted octanol–water partition coefficient (Wildman–Crippen LogP) is 1.98. The lowest BCUT2D eigenvalue weighted by Crippen LogP contribution is -2.59. The van der Waals surface area contributed by atoms with Gasteiger partial charge in [-0.15, -0.1) is 0 Å². The highest BCUT2D eigenvalue weighted by molar-refractivity contribution is 5.83. The number of carbonyl (C=O) groups excluding carboxylic acids is 1. The largest absolute Gasteiger partial charge is 0.497 e. The van der Waals surface area contributed by atoms with Crippen molar-refractivity contribution in [2.24, 2.45) is 0 Å². The second-order valence-electron chi connectivity index (χ2n) is 8.20. The van der Waals surface area contributed by atoms with Gasteiger partial charge < -0.3 is 14.4 Å². The van der Waals surface area contributed by atoms with E-state index >= 15 is 0 Å². The highest BCUT2D eigenvalue weighted by atomic mass is 16.5. The minimum Gasteiger partial charge on any atom is -0.497 e. The number of amides is 1. The smallest absolute Gasteiger partial charge is 0.240 e. The Labute approximate surface area is 168 Å². The number of likely N-dealkylation sites (tertiary alicyclic amines) is 1. The van der Waals surface area contributed by atoms with Gasteiger partial charge in [0.05, 0.1) is 13.2 Å². The van der Waals surface area contributed by atoms with Crippen LogP contribution in [0.15, 0.2) is 24.3 Å². The highest BCUT2D eigenvalue weighted by Crippen LogP contribution is 2.25. The quantitative estimate of drug-likeness (QED) is 0.773. The molecule has 1 aromatic rings. The normalized spacial score (nSPS) is 25.8. The molecule has 3 fully saturated rings. The number of rotatable bonds is 5. The van der Waals surface area contributed by atoms with Crippen molar-refractivity contribution in [2.45, 2.75) is 44.3 Å². The maximum Gasteiger partial charge on any atom is 0.240 e. The minimum absolute atomic E-state index is 0.0792. The van der Waals surface area contributed by atoms with E-state index in [1.807, 2.05) is 6.07 Å². The molecule has 0 spiro atoms. The van der Waals surface area contributed by atoms with Crippen molar-refractivity contribution in [3.05, 3.63) is 29.8 Å². The van der Waals surface area contributed by atoms with E-state index in [0.717, 1.165) is 83.9 Å². The first-order chi connectivity index (χ1) is 13.7. The van der Waals surface area contributed by atoms with Crippen LogP contribution in [-0.2, 0) is 16.1 Å². The minimum atomic E-state index is 0.0792. The Bertz CT molecular complexity index is 654. The first-order valence-electron chi connectivity index (χ1n) is 10.7.